The Labute approximate surface area is 256 Å². The quantitative estimate of drug-likeness (QED) is 0.170. The van der Waals surface area contributed by atoms with Crippen molar-refractivity contribution in [1.29, 1.82) is 0 Å². The van der Waals surface area contributed by atoms with Gasteiger partial charge in [0.15, 0.2) is 23.8 Å². The minimum Gasteiger partial charge on any atom is -0.481 e. The Morgan fingerprint density at radius 3 is 1.66 bits per heavy atom. The molecule has 0 bridgehead atoms. The van der Waals surface area contributed by atoms with Crippen molar-refractivity contribution in [3.05, 3.63) is 31.7 Å². The molecule has 236 valence electrons. The number of aliphatic carboxylic acids is 1. The molecule has 0 aliphatic carbocycles. The summed E-state index contributed by atoms with van der Waals surface area (Å²) < 4.78 is 15.9. The van der Waals surface area contributed by atoms with Crippen LogP contribution in [0.5, 0.6) is 0 Å². The van der Waals surface area contributed by atoms with E-state index in [1.165, 1.54) is 21.5 Å². The zero-order valence-corrected chi connectivity index (χ0v) is 25.3. The molecule has 16 nitrogen and oxygen atoms in total. The van der Waals surface area contributed by atoms with Crippen molar-refractivity contribution >= 4 is 61.2 Å². The summed E-state index contributed by atoms with van der Waals surface area (Å²) in [6.45, 7) is 3.68. The predicted molar refractivity (Wildman–Crippen MR) is 160 cm³/mol. The third kappa shape index (κ3) is 5.14. The van der Waals surface area contributed by atoms with E-state index in [1.54, 1.807) is 0 Å². The molecule has 0 unspecified atom stereocenters. The van der Waals surface area contributed by atoms with Gasteiger partial charge in [-0.05, 0) is 24.7 Å². The van der Waals surface area contributed by atoms with Gasteiger partial charge in [0.1, 0.15) is 12.2 Å². The number of rotatable bonds is 9. The fourth-order valence-corrected chi connectivity index (χ4v) is 8.34. The van der Waals surface area contributed by atoms with Crippen LogP contribution in [-0.2, 0) is 14.3 Å². The van der Waals surface area contributed by atoms with E-state index in [4.69, 9.17) is 20.9 Å². The second kappa shape index (κ2) is 11.8. The number of carboxylic acid groups (broad SMARTS) is 1. The average Bonchev–Trinajstić information content (AvgIpc) is 3.70. The van der Waals surface area contributed by atoms with E-state index >= 15 is 0 Å². The van der Waals surface area contributed by atoms with E-state index in [0.717, 1.165) is 22.7 Å². The van der Waals surface area contributed by atoms with Gasteiger partial charge in [-0.2, -0.15) is 9.97 Å². The molecule has 0 aromatic carbocycles. The van der Waals surface area contributed by atoms with E-state index in [-0.39, 0.29) is 36.0 Å². The van der Waals surface area contributed by atoms with Crippen LogP contribution in [0, 0.1) is 17.8 Å². The van der Waals surface area contributed by atoms with Gasteiger partial charge in [0, 0.05) is 12.8 Å². The van der Waals surface area contributed by atoms with Crippen LogP contribution in [0.3, 0.4) is 0 Å². The largest absolute Gasteiger partial charge is 0.481 e. The smallest absolute Gasteiger partial charge is 0.311 e. The molecular formula is C26H32N8O8S2. The minimum absolute atomic E-state index is 0.0399. The summed E-state index contributed by atoms with van der Waals surface area (Å²) in [6.07, 6.45) is -2.06. The first kappa shape index (κ1) is 30.5. The van der Waals surface area contributed by atoms with Gasteiger partial charge in [0.2, 0.25) is 11.9 Å². The van der Waals surface area contributed by atoms with E-state index in [9.17, 15) is 29.7 Å². The lowest BCUT2D eigenvalue weighted by molar-refractivity contribution is -0.155. The number of aromatic nitrogens is 6. The molecule has 6 rings (SSSR count). The van der Waals surface area contributed by atoms with Crippen LogP contribution >= 0.6 is 22.7 Å². The number of ether oxygens (including phenoxy) is 2. The number of nitrogens with zero attached hydrogens (tertiary/aromatic N) is 6. The highest BCUT2D eigenvalue weighted by molar-refractivity contribution is 7.16. The second-order valence-corrected chi connectivity index (χ2v) is 13.0. The van der Waals surface area contributed by atoms with Crippen LogP contribution in [0.2, 0.25) is 0 Å². The maximum absolute atomic E-state index is 12.9. The van der Waals surface area contributed by atoms with Crippen LogP contribution in [0.25, 0.3) is 20.7 Å². The molecule has 0 saturated carbocycles. The van der Waals surface area contributed by atoms with Gasteiger partial charge in [-0.15, -0.1) is 0 Å². The summed E-state index contributed by atoms with van der Waals surface area (Å²) >= 11 is 1.79. The number of nitrogen functional groups attached to an aromatic ring is 2. The van der Waals surface area contributed by atoms with Gasteiger partial charge in [-0.1, -0.05) is 36.5 Å². The highest BCUT2D eigenvalue weighted by Gasteiger charge is 2.50. The van der Waals surface area contributed by atoms with Crippen molar-refractivity contribution < 1.29 is 29.6 Å². The first-order valence-electron chi connectivity index (χ1n) is 14.2. The second-order valence-electron chi connectivity index (χ2n) is 11.1. The average molecular weight is 649 g/mol. The van der Waals surface area contributed by atoms with Crippen LogP contribution in [0.4, 0.5) is 11.9 Å². The minimum atomic E-state index is -1.11. The number of thiazole rings is 2. The Kier molecular flexibility index (Phi) is 8.14. The van der Waals surface area contributed by atoms with Crippen LogP contribution in [0.15, 0.2) is 22.0 Å². The molecule has 0 amide bonds. The molecule has 2 saturated heterocycles. The third-order valence-corrected chi connectivity index (χ3v) is 10.4. The maximum atomic E-state index is 12.9. The normalized spacial score (nSPS) is 27.0. The van der Waals surface area contributed by atoms with E-state index in [0.29, 0.717) is 22.2 Å². The number of hydrogen-bond acceptors (Lipinski definition) is 15. The molecule has 2 aliphatic rings. The van der Waals surface area contributed by atoms with Gasteiger partial charge in [-0.3, -0.25) is 23.5 Å². The molecule has 8 atom stereocenters. The molecular weight excluding hydrogens is 616 g/mol. The van der Waals surface area contributed by atoms with Crippen molar-refractivity contribution in [3.8, 4) is 0 Å². The summed E-state index contributed by atoms with van der Waals surface area (Å²) in [7, 11) is 0. The van der Waals surface area contributed by atoms with E-state index in [2.05, 4.69) is 19.9 Å². The Hall–Kier alpha value is -3.55. The monoisotopic (exact) mass is 648 g/mol. The number of aliphatic hydroxyl groups is 2. The molecule has 2 fully saturated rings. The molecule has 0 spiro atoms. The Bertz CT molecular complexity index is 1700. The lowest BCUT2D eigenvalue weighted by Gasteiger charge is -2.35. The first-order valence-corrected chi connectivity index (χ1v) is 15.8. The summed E-state index contributed by atoms with van der Waals surface area (Å²) in [5.41, 5.74) is 12.0. The summed E-state index contributed by atoms with van der Waals surface area (Å²) in [5, 5.41) is 32.7. The summed E-state index contributed by atoms with van der Waals surface area (Å²) in [6, 6.07) is 0. The zero-order valence-electron chi connectivity index (χ0n) is 23.7. The number of fused-ring (bicyclic) bond motifs is 2. The highest BCUT2D eigenvalue weighted by Crippen LogP contribution is 2.44. The maximum Gasteiger partial charge on any atom is 0.311 e. The Balaban J connectivity index is 1.28. The topological polar surface area (TPSA) is 244 Å². The molecule has 6 heterocycles. The molecule has 2 aliphatic heterocycles. The summed E-state index contributed by atoms with van der Waals surface area (Å²) in [4.78, 5) is 54.0. The van der Waals surface area contributed by atoms with Gasteiger partial charge in [0.05, 0.1) is 39.9 Å². The Morgan fingerprint density at radius 2 is 1.30 bits per heavy atom. The van der Waals surface area contributed by atoms with Crippen molar-refractivity contribution in [2.45, 2.75) is 76.4 Å². The molecule has 44 heavy (non-hydrogen) atoms. The fraction of sp³-hybridized carbons (Fsp3) is 0.577. The molecule has 4 aromatic heterocycles. The molecule has 7 N–H and O–H groups in total. The number of hydrogen-bond donors (Lipinski definition) is 5. The lowest BCUT2D eigenvalue weighted by atomic mass is 9.72. The van der Waals surface area contributed by atoms with Crippen LogP contribution in [0.1, 0.15) is 52.0 Å². The molecule has 18 heteroatoms. The lowest BCUT2D eigenvalue weighted by Crippen LogP contribution is -2.42. The fourth-order valence-electron chi connectivity index (χ4n) is 6.70. The van der Waals surface area contributed by atoms with Crippen molar-refractivity contribution in [2.24, 2.45) is 17.8 Å². The Morgan fingerprint density at radius 1 is 0.886 bits per heavy atom. The van der Waals surface area contributed by atoms with Crippen LogP contribution < -0.4 is 21.2 Å². The summed E-state index contributed by atoms with van der Waals surface area (Å²) in [5.74, 6) is -3.34. The zero-order chi connectivity index (χ0) is 31.4. The SMILES string of the molecule is CC[C@@H](C(C(=O)O)[C@H](CC)[C@@H]1C[C@@H](O)[C@H](n2c(=O)sc3cnc(N)nc32)O1)[C@@H]1C[C@@H](O)[C@H](n2c(=O)sc3cnc(N)nc32)O1. The van der Waals surface area contributed by atoms with Crippen molar-refractivity contribution in [2.75, 3.05) is 11.5 Å². The van der Waals surface area contributed by atoms with E-state index < -0.39 is 70.3 Å². The van der Waals surface area contributed by atoms with Gasteiger partial charge >= 0.3 is 15.7 Å². The molecule has 0 radical (unpaired) electrons. The van der Waals surface area contributed by atoms with Crippen molar-refractivity contribution in [1.82, 2.24) is 29.1 Å². The van der Waals surface area contributed by atoms with Crippen LogP contribution in [-0.4, -0.2) is 74.8 Å². The number of carbonyl (C=O) groups is 1. The first-order chi connectivity index (χ1) is 21.0. The number of nitrogens with two attached hydrogens (primary N) is 2. The van der Waals surface area contributed by atoms with Gasteiger partial charge < -0.3 is 36.3 Å². The van der Waals surface area contributed by atoms with E-state index in [1.807, 2.05) is 13.8 Å². The number of carboxylic acids is 1. The van der Waals surface area contributed by atoms with Gasteiger partial charge in [0.25, 0.3) is 0 Å². The number of anilines is 2. The highest BCUT2D eigenvalue weighted by atomic mass is 32.1. The van der Waals surface area contributed by atoms with Gasteiger partial charge in [-0.25, -0.2) is 9.97 Å². The third-order valence-electron chi connectivity index (χ3n) is 8.60. The predicted octanol–water partition coefficient (Wildman–Crippen LogP) is 0.934. The molecule has 4 aromatic rings. The standard InChI is InChI=1S/C26H32N8O8S2/c1-3-9(13-5-11(35)20(41-13)33-18-15(43-25(33)39)7-29-23(27)31-18)17(22(37)38)10(4-2)14-6-12(36)21(42-14)34-19-16(44-26(34)40)8-30-24(28)32-19/h7-14,17,20-21,35-36H,3-6H2,1-2H3,(H,37,38)(H2,27,29,31)(H2,28,30,32)/t9-,10-,11-,12-,13+,14+,20-,21-/m1/s1. The number of aliphatic hydroxyl groups excluding tert-OH is 2. The van der Waals surface area contributed by atoms with Crippen molar-refractivity contribution in [3.63, 3.8) is 0 Å².